The SMILES string of the molecule is CC(C)C(=O)NC1CCN(c2ccc(-c3cc(-c4cnn(C)c4)cn4ncc(C#N)c34)cn2)CC1.Cl. The molecule has 5 rings (SSSR count). The first-order valence-corrected chi connectivity index (χ1v) is 11.8. The normalized spacial score (nSPS) is 14.0. The zero-order valence-electron chi connectivity index (χ0n) is 20.5. The Labute approximate surface area is 216 Å². The third-order valence-corrected chi connectivity index (χ3v) is 6.52. The minimum absolute atomic E-state index is 0. The Hall–Kier alpha value is -3.90. The van der Waals surface area contributed by atoms with E-state index >= 15 is 0 Å². The second-order valence-electron chi connectivity index (χ2n) is 9.34. The molecule has 1 N–H and O–H groups in total. The Bertz CT molecular complexity index is 1410. The molecule has 5 heterocycles. The largest absolute Gasteiger partial charge is 0.356 e. The Morgan fingerprint density at radius 2 is 1.86 bits per heavy atom. The number of hydrogen-bond acceptors (Lipinski definition) is 6. The number of nitrogens with one attached hydrogen (secondary N) is 1. The molecule has 0 saturated carbocycles. The fourth-order valence-corrected chi connectivity index (χ4v) is 4.50. The Balaban J connectivity index is 0.00000304. The highest BCUT2D eigenvalue weighted by Crippen LogP contribution is 2.32. The summed E-state index contributed by atoms with van der Waals surface area (Å²) in [5.74, 6) is 1.03. The van der Waals surface area contributed by atoms with Crippen molar-refractivity contribution < 1.29 is 4.79 Å². The quantitative estimate of drug-likeness (QED) is 0.443. The Morgan fingerprint density at radius 1 is 1.08 bits per heavy atom. The Morgan fingerprint density at radius 3 is 2.47 bits per heavy atom. The third kappa shape index (κ3) is 4.90. The molecule has 4 aromatic heterocycles. The topological polar surface area (TPSA) is 104 Å². The van der Waals surface area contributed by atoms with Crippen LogP contribution < -0.4 is 10.2 Å². The standard InChI is InChI=1S/C26H28N8O.ClH/c1-17(2)26(35)31-22-6-8-33(9-7-22)24-5-4-18(12-28-24)23-10-19(21-14-29-32(3)15-21)16-34-25(23)20(11-27)13-30-34;/h4-5,10,12-17,22H,6-9H2,1-3H3,(H,31,35);1H. The summed E-state index contributed by atoms with van der Waals surface area (Å²) in [5, 5.41) is 21.5. The maximum atomic E-state index is 12.0. The molecule has 1 aliphatic heterocycles. The molecule has 36 heavy (non-hydrogen) atoms. The molecule has 0 atom stereocenters. The van der Waals surface area contributed by atoms with Crippen LogP contribution in [0.3, 0.4) is 0 Å². The van der Waals surface area contributed by atoms with Crippen molar-refractivity contribution in [3.05, 3.63) is 54.7 Å². The van der Waals surface area contributed by atoms with Crippen LogP contribution in [0.5, 0.6) is 0 Å². The number of halogens is 1. The van der Waals surface area contributed by atoms with Gasteiger partial charge in [-0.15, -0.1) is 12.4 Å². The molecule has 0 aromatic carbocycles. The van der Waals surface area contributed by atoms with Crippen molar-refractivity contribution >= 4 is 29.6 Å². The molecule has 0 bridgehead atoms. The predicted molar refractivity (Wildman–Crippen MR) is 141 cm³/mol. The van der Waals surface area contributed by atoms with Crippen molar-refractivity contribution in [2.75, 3.05) is 18.0 Å². The summed E-state index contributed by atoms with van der Waals surface area (Å²) in [7, 11) is 1.88. The second-order valence-corrected chi connectivity index (χ2v) is 9.34. The van der Waals surface area contributed by atoms with Crippen molar-refractivity contribution in [2.45, 2.75) is 32.7 Å². The number of rotatable bonds is 5. The lowest BCUT2D eigenvalue weighted by molar-refractivity contribution is -0.124. The molecule has 0 aliphatic carbocycles. The number of nitrogens with zero attached hydrogens (tertiary/aromatic N) is 7. The number of anilines is 1. The number of nitriles is 1. The second kappa shape index (κ2) is 10.4. The fourth-order valence-electron chi connectivity index (χ4n) is 4.50. The van der Waals surface area contributed by atoms with Gasteiger partial charge in [-0.1, -0.05) is 13.8 Å². The van der Waals surface area contributed by atoms with Gasteiger partial charge >= 0.3 is 0 Å². The van der Waals surface area contributed by atoms with E-state index in [1.165, 1.54) is 0 Å². The Kier molecular flexibility index (Phi) is 7.27. The van der Waals surface area contributed by atoms with Crippen LogP contribution in [0.2, 0.25) is 0 Å². The molecule has 9 nitrogen and oxygen atoms in total. The number of pyridine rings is 2. The van der Waals surface area contributed by atoms with E-state index in [0.29, 0.717) is 5.56 Å². The van der Waals surface area contributed by atoms with E-state index in [1.807, 2.05) is 57.8 Å². The van der Waals surface area contributed by atoms with Gasteiger partial charge in [0, 0.05) is 72.9 Å². The number of aryl methyl sites for hydroxylation is 1. The summed E-state index contributed by atoms with van der Waals surface area (Å²) < 4.78 is 3.51. The monoisotopic (exact) mass is 504 g/mol. The number of hydrogen-bond donors (Lipinski definition) is 1. The van der Waals surface area contributed by atoms with Gasteiger partial charge in [0.1, 0.15) is 11.9 Å². The van der Waals surface area contributed by atoms with Crippen LogP contribution in [0, 0.1) is 17.2 Å². The van der Waals surface area contributed by atoms with Gasteiger partial charge in [-0.2, -0.15) is 15.5 Å². The molecule has 4 aromatic rings. The molecule has 10 heteroatoms. The molecule has 186 valence electrons. The molecular weight excluding hydrogens is 476 g/mol. The van der Waals surface area contributed by atoms with Crippen LogP contribution in [0.15, 0.2) is 49.2 Å². The zero-order valence-corrected chi connectivity index (χ0v) is 21.4. The van der Waals surface area contributed by atoms with Crippen molar-refractivity contribution in [1.29, 1.82) is 5.26 Å². The van der Waals surface area contributed by atoms with E-state index in [1.54, 1.807) is 15.4 Å². The fraction of sp³-hybridized carbons (Fsp3) is 0.346. The van der Waals surface area contributed by atoms with Crippen LogP contribution in [0.4, 0.5) is 5.82 Å². The summed E-state index contributed by atoms with van der Waals surface area (Å²) in [4.78, 5) is 19.0. The van der Waals surface area contributed by atoms with Crippen LogP contribution in [0.25, 0.3) is 27.8 Å². The molecule has 0 radical (unpaired) electrons. The van der Waals surface area contributed by atoms with Crippen LogP contribution >= 0.6 is 12.4 Å². The number of fused-ring (bicyclic) bond motifs is 1. The average Bonchev–Trinajstić information content (AvgIpc) is 3.50. The van der Waals surface area contributed by atoms with Crippen LogP contribution in [0.1, 0.15) is 32.3 Å². The van der Waals surface area contributed by atoms with Gasteiger partial charge in [-0.05, 0) is 31.0 Å². The molecule has 0 spiro atoms. The molecule has 1 amide bonds. The summed E-state index contributed by atoms with van der Waals surface area (Å²) in [6.07, 6.45) is 10.9. The highest BCUT2D eigenvalue weighted by atomic mass is 35.5. The summed E-state index contributed by atoms with van der Waals surface area (Å²) in [5.41, 5.74) is 5.03. The van der Waals surface area contributed by atoms with E-state index < -0.39 is 0 Å². The predicted octanol–water partition coefficient (Wildman–Crippen LogP) is 3.83. The highest BCUT2D eigenvalue weighted by molar-refractivity contribution is 5.87. The van der Waals surface area contributed by atoms with E-state index in [9.17, 15) is 10.1 Å². The average molecular weight is 505 g/mol. The molecule has 0 unspecified atom stereocenters. The lowest BCUT2D eigenvalue weighted by Crippen LogP contribution is -2.46. The van der Waals surface area contributed by atoms with Gasteiger partial charge in [-0.25, -0.2) is 9.50 Å². The molecule has 1 saturated heterocycles. The van der Waals surface area contributed by atoms with Crippen LogP contribution in [-0.4, -0.2) is 49.4 Å². The minimum Gasteiger partial charge on any atom is -0.356 e. The third-order valence-electron chi connectivity index (χ3n) is 6.52. The molecular formula is C26H29ClN8O. The van der Waals surface area contributed by atoms with E-state index in [-0.39, 0.29) is 30.3 Å². The lowest BCUT2D eigenvalue weighted by atomic mass is 10.0. The molecule has 1 fully saturated rings. The number of piperidine rings is 1. The zero-order chi connectivity index (χ0) is 24.5. The van der Waals surface area contributed by atoms with Gasteiger partial charge < -0.3 is 10.2 Å². The van der Waals surface area contributed by atoms with Gasteiger partial charge in [0.05, 0.1) is 23.5 Å². The number of amides is 1. The van der Waals surface area contributed by atoms with Crippen molar-refractivity contribution in [3.63, 3.8) is 0 Å². The first-order chi connectivity index (χ1) is 16.9. The summed E-state index contributed by atoms with van der Waals surface area (Å²) >= 11 is 0. The smallest absolute Gasteiger partial charge is 0.222 e. The van der Waals surface area contributed by atoms with Crippen molar-refractivity contribution in [3.8, 4) is 28.3 Å². The maximum Gasteiger partial charge on any atom is 0.222 e. The van der Waals surface area contributed by atoms with E-state index in [4.69, 9.17) is 4.98 Å². The summed E-state index contributed by atoms with van der Waals surface area (Å²) in [6, 6.07) is 8.61. The van der Waals surface area contributed by atoms with Crippen LogP contribution in [-0.2, 0) is 11.8 Å². The first-order valence-electron chi connectivity index (χ1n) is 11.8. The minimum atomic E-state index is 0. The maximum absolute atomic E-state index is 12.0. The number of aromatic nitrogens is 5. The summed E-state index contributed by atoms with van der Waals surface area (Å²) in [6.45, 7) is 5.52. The number of carbonyl (C=O) groups is 1. The number of carbonyl (C=O) groups excluding carboxylic acids is 1. The van der Waals surface area contributed by atoms with Gasteiger partial charge in [0.2, 0.25) is 5.91 Å². The highest BCUT2D eigenvalue weighted by Gasteiger charge is 2.22. The van der Waals surface area contributed by atoms with Gasteiger partial charge in [0.15, 0.2) is 0 Å². The lowest BCUT2D eigenvalue weighted by Gasteiger charge is -2.33. The van der Waals surface area contributed by atoms with Crippen molar-refractivity contribution in [2.24, 2.45) is 13.0 Å². The van der Waals surface area contributed by atoms with Gasteiger partial charge in [-0.3, -0.25) is 9.48 Å². The molecule has 1 aliphatic rings. The first kappa shape index (κ1) is 25.2. The van der Waals surface area contributed by atoms with E-state index in [0.717, 1.165) is 59.5 Å². The van der Waals surface area contributed by atoms with Crippen molar-refractivity contribution in [1.82, 2.24) is 29.7 Å². The van der Waals surface area contributed by atoms with E-state index in [2.05, 4.69) is 32.5 Å². The van der Waals surface area contributed by atoms with Gasteiger partial charge in [0.25, 0.3) is 0 Å².